The monoisotopic (exact) mass is 359 g/mol. The molecule has 0 spiro atoms. The number of aliphatic hydroxyl groups excluding tert-OH is 1. The number of amides is 1. The molecule has 0 saturated heterocycles. The Morgan fingerprint density at radius 1 is 1.38 bits per heavy atom. The molecule has 0 aliphatic rings. The van der Waals surface area contributed by atoms with Gasteiger partial charge in [0.2, 0.25) is 5.95 Å². The number of H-pyrrole nitrogens is 1. The number of carbonyl (C=O) groups is 1. The summed E-state index contributed by atoms with van der Waals surface area (Å²) in [7, 11) is 2.75. The average Bonchev–Trinajstić information content (AvgIpc) is 3.05. The highest BCUT2D eigenvalue weighted by atomic mass is 16.5. The molecule has 26 heavy (non-hydrogen) atoms. The zero-order valence-corrected chi connectivity index (χ0v) is 14.1. The second-order valence-electron chi connectivity index (χ2n) is 5.40. The maximum atomic E-state index is 12.1. The molecule has 0 atom stereocenters. The zero-order valence-electron chi connectivity index (χ0n) is 14.1. The van der Waals surface area contributed by atoms with Crippen molar-refractivity contribution in [1.82, 2.24) is 19.7 Å². The Morgan fingerprint density at radius 3 is 2.88 bits per heavy atom. The zero-order chi connectivity index (χ0) is 18.7. The third-order valence-electron chi connectivity index (χ3n) is 3.69. The van der Waals surface area contributed by atoms with Crippen LogP contribution in [0.4, 0.5) is 10.7 Å². The van der Waals surface area contributed by atoms with Gasteiger partial charge in [0.1, 0.15) is 11.3 Å². The number of ether oxygens (including phenoxy) is 2. The van der Waals surface area contributed by atoms with E-state index >= 15 is 0 Å². The fourth-order valence-corrected chi connectivity index (χ4v) is 2.45. The fraction of sp³-hybridized carbons (Fsp3) is 0.250. The molecule has 136 valence electrons. The molecular formula is C16H17N5O5. The minimum absolute atomic E-state index is 0.0289. The van der Waals surface area contributed by atoms with Crippen LogP contribution in [-0.2, 0) is 17.9 Å². The Bertz CT molecular complexity index is 1010. The summed E-state index contributed by atoms with van der Waals surface area (Å²) in [6.45, 7) is 0.252. The van der Waals surface area contributed by atoms with E-state index in [1.165, 1.54) is 14.2 Å². The van der Waals surface area contributed by atoms with Gasteiger partial charge in [-0.05, 0) is 11.6 Å². The molecule has 0 unspecified atom stereocenters. The highest BCUT2D eigenvalue weighted by Crippen LogP contribution is 2.21. The summed E-state index contributed by atoms with van der Waals surface area (Å²) in [5, 5.41) is 15.7. The van der Waals surface area contributed by atoms with Crippen molar-refractivity contribution in [3.8, 4) is 5.75 Å². The number of anilines is 1. The second-order valence-corrected chi connectivity index (χ2v) is 5.40. The quantitative estimate of drug-likeness (QED) is 0.615. The number of aromatic nitrogens is 4. The van der Waals surface area contributed by atoms with Crippen LogP contribution in [0, 0.1) is 0 Å². The van der Waals surface area contributed by atoms with Gasteiger partial charge >= 0.3 is 6.09 Å². The molecule has 1 amide bonds. The van der Waals surface area contributed by atoms with E-state index in [0.29, 0.717) is 17.8 Å². The number of fused-ring (bicyclic) bond motifs is 1. The first kappa shape index (κ1) is 17.4. The molecule has 0 aliphatic carbocycles. The number of nitrogens with zero attached hydrogens (tertiary/aromatic N) is 3. The number of nitrogens with one attached hydrogen (secondary N) is 2. The van der Waals surface area contributed by atoms with E-state index in [2.05, 4.69) is 25.1 Å². The van der Waals surface area contributed by atoms with E-state index in [1.807, 2.05) is 6.07 Å². The van der Waals surface area contributed by atoms with E-state index in [4.69, 9.17) is 4.74 Å². The van der Waals surface area contributed by atoms with Crippen LogP contribution in [0.2, 0.25) is 0 Å². The molecule has 3 rings (SSSR count). The van der Waals surface area contributed by atoms with Crippen molar-refractivity contribution in [2.45, 2.75) is 13.2 Å². The van der Waals surface area contributed by atoms with Crippen LogP contribution >= 0.6 is 0 Å². The van der Waals surface area contributed by atoms with Crippen LogP contribution < -0.4 is 15.6 Å². The van der Waals surface area contributed by atoms with Gasteiger partial charge in [0.25, 0.3) is 5.56 Å². The number of hydrogen-bond donors (Lipinski definition) is 3. The molecule has 0 aliphatic heterocycles. The molecule has 2 heterocycles. The van der Waals surface area contributed by atoms with Crippen molar-refractivity contribution < 1.29 is 19.4 Å². The smallest absolute Gasteiger partial charge is 0.413 e. The number of benzene rings is 1. The van der Waals surface area contributed by atoms with Crippen LogP contribution in [0.25, 0.3) is 11.0 Å². The molecule has 10 heteroatoms. The van der Waals surface area contributed by atoms with Gasteiger partial charge in [-0.3, -0.25) is 19.8 Å². The predicted octanol–water partition coefficient (Wildman–Crippen LogP) is 0.847. The number of rotatable bonds is 5. The number of carbonyl (C=O) groups excluding carboxylic acids is 1. The lowest BCUT2D eigenvalue weighted by molar-refractivity contribution is 0.186. The summed E-state index contributed by atoms with van der Waals surface area (Å²) in [6.07, 6.45) is 0.848. The number of aliphatic hydroxyl groups is 1. The summed E-state index contributed by atoms with van der Waals surface area (Å²) in [5.74, 6) is 0.574. The standard InChI is InChI=1S/C16H17N5O5/c1-25-12-5-9(8-22)3-4-10(12)6-21-7-11-13(20-21)14(23)18-15(17-11)19-16(24)26-2/h3-5,7,22H,6,8H2,1-2H3,(H2,17,18,19,23,24). The van der Waals surface area contributed by atoms with Crippen LogP contribution in [0.1, 0.15) is 11.1 Å². The van der Waals surface area contributed by atoms with Crippen LogP contribution in [0.5, 0.6) is 5.75 Å². The highest BCUT2D eigenvalue weighted by molar-refractivity contribution is 5.83. The Labute approximate surface area is 147 Å². The second kappa shape index (κ2) is 7.23. The van der Waals surface area contributed by atoms with Crippen LogP contribution in [0.15, 0.2) is 29.2 Å². The molecule has 3 N–H and O–H groups in total. The summed E-state index contributed by atoms with van der Waals surface area (Å²) >= 11 is 0. The van der Waals surface area contributed by atoms with Gasteiger partial charge in [-0.1, -0.05) is 12.1 Å². The molecule has 0 saturated carbocycles. The molecule has 3 aromatic rings. The Kier molecular flexibility index (Phi) is 4.85. The third-order valence-corrected chi connectivity index (χ3v) is 3.69. The topological polar surface area (TPSA) is 131 Å². The summed E-state index contributed by atoms with van der Waals surface area (Å²) < 4.78 is 11.4. The van der Waals surface area contributed by atoms with E-state index in [0.717, 1.165) is 11.1 Å². The lowest BCUT2D eigenvalue weighted by atomic mass is 10.1. The fourth-order valence-electron chi connectivity index (χ4n) is 2.45. The van der Waals surface area contributed by atoms with E-state index in [9.17, 15) is 14.7 Å². The predicted molar refractivity (Wildman–Crippen MR) is 92.2 cm³/mol. The van der Waals surface area contributed by atoms with Gasteiger partial charge in [0, 0.05) is 5.56 Å². The van der Waals surface area contributed by atoms with Crippen molar-refractivity contribution in [3.05, 3.63) is 45.9 Å². The highest BCUT2D eigenvalue weighted by Gasteiger charge is 2.12. The molecule has 2 aromatic heterocycles. The molecule has 0 bridgehead atoms. The minimum Gasteiger partial charge on any atom is -0.496 e. The number of methoxy groups -OCH3 is 2. The lowest BCUT2D eigenvalue weighted by Crippen LogP contribution is -2.18. The average molecular weight is 359 g/mol. The largest absolute Gasteiger partial charge is 0.496 e. The lowest BCUT2D eigenvalue weighted by Gasteiger charge is -2.09. The van der Waals surface area contributed by atoms with Crippen LogP contribution in [0.3, 0.4) is 0 Å². The Balaban J connectivity index is 1.93. The van der Waals surface area contributed by atoms with Crippen molar-refractivity contribution in [1.29, 1.82) is 0 Å². The molecule has 0 radical (unpaired) electrons. The first-order valence-electron chi connectivity index (χ1n) is 7.63. The van der Waals surface area contributed by atoms with Crippen molar-refractivity contribution in [3.63, 3.8) is 0 Å². The van der Waals surface area contributed by atoms with E-state index in [1.54, 1.807) is 23.0 Å². The minimum atomic E-state index is -0.742. The summed E-state index contributed by atoms with van der Waals surface area (Å²) in [6, 6.07) is 5.34. The van der Waals surface area contributed by atoms with Gasteiger partial charge in [0.05, 0.1) is 33.6 Å². The number of hydrogen-bond acceptors (Lipinski definition) is 7. The van der Waals surface area contributed by atoms with Crippen molar-refractivity contribution in [2.75, 3.05) is 19.5 Å². The molecule has 0 fully saturated rings. The number of aromatic amines is 1. The molecular weight excluding hydrogens is 342 g/mol. The van der Waals surface area contributed by atoms with Gasteiger partial charge in [-0.25, -0.2) is 9.78 Å². The van der Waals surface area contributed by atoms with Gasteiger partial charge in [-0.15, -0.1) is 0 Å². The first-order valence-corrected chi connectivity index (χ1v) is 7.63. The van der Waals surface area contributed by atoms with Gasteiger partial charge < -0.3 is 14.6 Å². The van der Waals surface area contributed by atoms with Crippen molar-refractivity contribution in [2.24, 2.45) is 0 Å². The van der Waals surface area contributed by atoms with Crippen molar-refractivity contribution >= 4 is 23.1 Å². The Hall–Kier alpha value is -3.40. The van der Waals surface area contributed by atoms with Gasteiger partial charge in [0.15, 0.2) is 5.52 Å². The Morgan fingerprint density at radius 2 is 2.19 bits per heavy atom. The molecule has 1 aromatic carbocycles. The SMILES string of the molecule is COC(=O)Nc1nc2cn(Cc3ccc(CO)cc3OC)nc2c(=O)[nH]1. The summed E-state index contributed by atoms with van der Waals surface area (Å²) in [4.78, 5) is 29.9. The van der Waals surface area contributed by atoms with E-state index < -0.39 is 11.7 Å². The maximum absolute atomic E-state index is 12.1. The maximum Gasteiger partial charge on any atom is 0.413 e. The normalized spacial score (nSPS) is 10.7. The third kappa shape index (κ3) is 3.49. The summed E-state index contributed by atoms with van der Waals surface area (Å²) in [5.41, 5.74) is 1.54. The first-order chi connectivity index (χ1) is 12.5. The van der Waals surface area contributed by atoms with Crippen LogP contribution in [-0.4, -0.2) is 45.2 Å². The molecule has 10 nitrogen and oxygen atoms in total. The van der Waals surface area contributed by atoms with E-state index in [-0.39, 0.29) is 18.1 Å². The van der Waals surface area contributed by atoms with Gasteiger partial charge in [-0.2, -0.15) is 5.10 Å².